The number of aryl methyl sites for hydroxylation is 1. The van der Waals surface area contributed by atoms with Crippen LogP contribution in [-0.4, -0.2) is 63.9 Å². The summed E-state index contributed by atoms with van der Waals surface area (Å²) in [7, 11) is 2.59. The molecular formula is C17H24N4O5. The number of esters is 1. The van der Waals surface area contributed by atoms with E-state index < -0.39 is 41.9 Å². The van der Waals surface area contributed by atoms with Crippen LogP contribution in [0.3, 0.4) is 0 Å². The SMILES string of the molecule is CCCn1ncc([C@H]2N[C@@](CO)(C(=O)OC)[C@H]3C(=O)N(C)C(=O)[C@@H]23)c1C. The Hall–Kier alpha value is -2.26. The van der Waals surface area contributed by atoms with Crippen LogP contribution in [0.5, 0.6) is 0 Å². The maximum absolute atomic E-state index is 12.7. The van der Waals surface area contributed by atoms with Gasteiger partial charge in [-0.1, -0.05) is 6.92 Å². The van der Waals surface area contributed by atoms with Gasteiger partial charge in [0.05, 0.1) is 31.7 Å². The molecule has 2 saturated heterocycles. The fourth-order valence-corrected chi connectivity index (χ4v) is 4.20. The van der Waals surface area contributed by atoms with Crippen LogP contribution in [0.25, 0.3) is 0 Å². The summed E-state index contributed by atoms with van der Waals surface area (Å²) in [6.45, 7) is 4.00. The van der Waals surface area contributed by atoms with Gasteiger partial charge in [0, 0.05) is 30.9 Å². The lowest BCUT2D eigenvalue weighted by atomic mass is 9.79. The molecule has 0 aromatic carbocycles. The predicted molar refractivity (Wildman–Crippen MR) is 89.7 cm³/mol. The van der Waals surface area contributed by atoms with E-state index >= 15 is 0 Å². The largest absolute Gasteiger partial charge is 0.468 e. The summed E-state index contributed by atoms with van der Waals surface area (Å²) >= 11 is 0. The third-order valence-corrected chi connectivity index (χ3v) is 5.59. The molecule has 9 heteroatoms. The molecule has 2 fully saturated rings. The van der Waals surface area contributed by atoms with Crippen LogP contribution >= 0.6 is 0 Å². The molecule has 0 bridgehead atoms. The van der Waals surface area contributed by atoms with Crippen LogP contribution in [0, 0.1) is 18.8 Å². The van der Waals surface area contributed by atoms with E-state index in [-0.39, 0.29) is 5.91 Å². The summed E-state index contributed by atoms with van der Waals surface area (Å²) in [6.07, 6.45) is 2.55. The van der Waals surface area contributed by atoms with Gasteiger partial charge in [-0.2, -0.15) is 5.10 Å². The first-order valence-electron chi connectivity index (χ1n) is 8.64. The van der Waals surface area contributed by atoms with Gasteiger partial charge in [-0.15, -0.1) is 0 Å². The van der Waals surface area contributed by atoms with Crippen LogP contribution in [0.2, 0.25) is 0 Å². The van der Waals surface area contributed by atoms with E-state index in [1.165, 1.54) is 14.2 Å². The van der Waals surface area contributed by atoms with E-state index in [4.69, 9.17) is 4.74 Å². The van der Waals surface area contributed by atoms with Gasteiger partial charge in [0.25, 0.3) is 0 Å². The molecule has 3 rings (SSSR count). The van der Waals surface area contributed by atoms with Crippen molar-refractivity contribution in [3.05, 3.63) is 17.5 Å². The van der Waals surface area contributed by atoms with Gasteiger partial charge in [0.1, 0.15) is 0 Å². The second-order valence-electron chi connectivity index (χ2n) is 6.89. The van der Waals surface area contributed by atoms with Gasteiger partial charge in [-0.3, -0.25) is 24.5 Å². The molecule has 0 spiro atoms. The Bertz CT molecular complexity index is 760. The molecule has 26 heavy (non-hydrogen) atoms. The second-order valence-corrected chi connectivity index (χ2v) is 6.89. The predicted octanol–water partition coefficient (Wildman–Crippen LogP) is -0.619. The average molecular weight is 364 g/mol. The van der Waals surface area contributed by atoms with Gasteiger partial charge >= 0.3 is 5.97 Å². The van der Waals surface area contributed by atoms with Crippen LogP contribution < -0.4 is 5.32 Å². The number of aliphatic hydroxyl groups is 1. The summed E-state index contributed by atoms with van der Waals surface area (Å²) in [5, 5.41) is 17.4. The van der Waals surface area contributed by atoms with Crippen molar-refractivity contribution in [3.8, 4) is 0 Å². The number of rotatable bonds is 5. The minimum atomic E-state index is -1.65. The molecule has 0 aliphatic carbocycles. The molecule has 2 amide bonds. The molecule has 9 nitrogen and oxygen atoms in total. The van der Waals surface area contributed by atoms with Gasteiger partial charge in [0.2, 0.25) is 11.8 Å². The first-order chi connectivity index (χ1) is 12.3. The lowest BCUT2D eigenvalue weighted by Gasteiger charge is -2.29. The standard InChI is InChI=1S/C17H24N4O5/c1-5-6-21-9(2)10(7-18-21)13-11-12(15(24)20(3)14(11)23)17(8-22,19-13)16(25)26-4/h7,11-13,19,22H,5-6,8H2,1-4H3/t11-,12-,13-,17-/m1/s1. The molecule has 142 valence electrons. The monoisotopic (exact) mass is 364 g/mol. The van der Waals surface area contributed by atoms with Crippen molar-refractivity contribution < 1.29 is 24.2 Å². The summed E-state index contributed by atoms with van der Waals surface area (Å²) in [5.74, 6) is -3.44. The first-order valence-corrected chi connectivity index (χ1v) is 8.64. The minimum absolute atomic E-state index is 0.376. The van der Waals surface area contributed by atoms with E-state index in [1.54, 1.807) is 6.20 Å². The number of hydrogen-bond donors (Lipinski definition) is 2. The maximum atomic E-state index is 12.7. The Morgan fingerprint density at radius 1 is 1.42 bits per heavy atom. The highest BCUT2D eigenvalue weighted by molar-refractivity contribution is 6.09. The van der Waals surface area contributed by atoms with Gasteiger partial charge in [-0.05, 0) is 13.3 Å². The van der Waals surface area contributed by atoms with E-state index in [2.05, 4.69) is 10.4 Å². The highest BCUT2D eigenvalue weighted by atomic mass is 16.5. The highest BCUT2D eigenvalue weighted by Gasteiger charge is 2.68. The first kappa shape index (κ1) is 18.5. The van der Waals surface area contributed by atoms with Crippen molar-refractivity contribution >= 4 is 17.8 Å². The number of ether oxygens (including phenoxy) is 1. The smallest absolute Gasteiger partial charge is 0.329 e. The third-order valence-electron chi connectivity index (χ3n) is 5.59. The maximum Gasteiger partial charge on any atom is 0.329 e. The number of nitrogens with zero attached hydrogens (tertiary/aromatic N) is 3. The molecule has 0 radical (unpaired) electrons. The number of hydrogen-bond acceptors (Lipinski definition) is 7. The molecule has 2 aliphatic heterocycles. The van der Waals surface area contributed by atoms with Gasteiger partial charge < -0.3 is 9.84 Å². The van der Waals surface area contributed by atoms with Gasteiger partial charge in [0.15, 0.2) is 5.54 Å². The zero-order chi connectivity index (χ0) is 19.2. The van der Waals surface area contributed by atoms with E-state index in [0.717, 1.165) is 29.1 Å². The van der Waals surface area contributed by atoms with Crippen molar-refractivity contribution in [2.24, 2.45) is 11.8 Å². The number of aliphatic hydroxyl groups excluding tert-OH is 1. The number of likely N-dealkylation sites (tertiary alicyclic amines) is 1. The minimum Gasteiger partial charge on any atom is -0.468 e. The van der Waals surface area contributed by atoms with Crippen molar-refractivity contribution in [1.82, 2.24) is 20.0 Å². The van der Waals surface area contributed by atoms with Crippen LogP contribution in [0.4, 0.5) is 0 Å². The molecule has 2 aliphatic rings. The Morgan fingerprint density at radius 3 is 2.69 bits per heavy atom. The molecule has 1 aromatic rings. The number of carbonyl (C=O) groups is 3. The molecule has 1 aromatic heterocycles. The Balaban J connectivity index is 2.11. The van der Waals surface area contributed by atoms with E-state index in [1.807, 2.05) is 18.5 Å². The van der Waals surface area contributed by atoms with Crippen LogP contribution in [-0.2, 0) is 25.7 Å². The average Bonchev–Trinajstić information content (AvgIpc) is 3.24. The van der Waals surface area contributed by atoms with Crippen molar-refractivity contribution in [2.45, 2.75) is 38.4 Å². The molecule has 3 heterocycles. The Labute approximate surface area is 151 Å². The third kappa shape index (κ3) is 2.30. The zero-order valence-corrected chi connectivity index (χ0v) is 15.4. The second kappa shape index (κ2) is 6.48. The van der Waals surface area contributed by atoms with Crippen LogP contribution in [0.15, 0.2) is 6.20 Å². The highest BCUT2D eigenvalue weighted by Crippen LogP contribution is 2.49. The topological polar surface area (TPSA) is 114 Å². The summed E-state index contributed by atoms with van der Waals surface area (Å²) < 4.78 is 6.68. The molecule has 4 atom stereocenters. The fraction of sp³-hybridized carbons (Fsp3) is 0.647. The number of aromatic nitrogens is 2. The van der Waals surface area contributed by atoms with E-state index in [9.17, 15) is 19.5 Å². The van der Waals surface area contributed by atoms with Crippen molar-refractivity contribution in [2.75, 3.05) is 20.8 Å². The summed E-state index contributed by atoms with van der Waals surface area (Å²) in [6, 6.07) is -0.613. The Morgan fingerprint density at radius 2 is 2.12 bits per heavy atom. The van der Waals surface area contributed by atoms with Crippen LogP contribution in [0.1, 0.15) is 30.6 Å². The lowest BCUT2D eigenvalue weighted by Crippen LogP contribution is -2.58. The molecular weight excluding hydrogens is 340 g/mol. The molecule has 0 saturated carbocycles. The fourth-order valence-electron chi connectivity index (χ4n) is 4.20. The normalized spacial score (nSPS) is 30.8. The molecule has 0 unspecified atom stereocenters. The van der Waals surface area contributed by atoms with Crippen molar-refractivity contribution in [1.29, 1.82) is 0 Å². The van der Waals surface area contributed by atoms with Crippen molar-refractivity contribution in [3.63, 3.8) is 0 Å². The van der Waals surface area contributed by atoms with E-state index in [0.29, 0.717) is 0 Å². The Kier molecular flexibility index (Phi) is 4.61. The van der Waals surface area contributed by atoms with Gasteiger partial charge in [-0.25, -0.2) is 4.79 Å². The number of fused-ring (bicyclic) bond motifs is 1. The lowest BCUT2D eigenvalue weighted by molar-refractivity contribution is -0.156. The number of nitrogens with one attached hydrogen (secondary N) is 1. The summed E-state index contributed by atoms with van der Waals surface area (Å²) in [5.41, 5.74) is -0.0541. The number of carbonyl (C=O) groups excluding carboxylic acids is 3. The quantitative estimate of drug-likeness (QED) is 0.529. The molecule has 2 N–H and O–H groups in total. The number of imide groups is 1. The number of methoxy groups -OCH3 is 1. The number of amides is 2. The summed E-state index contributed by atoms with van der Waals surface area (Å²) in [4.78, 5) is 39.0. The zero-order valence-electron chi connectivity index (χ0n) is 15.4.